The van der Waals surface area contributed by atoms with Gasteiger partial charge in [0.1, 0.15) is 0 Å². The van der Waals surface area contributed by atoms with Crippen LogP contribution in [0.15, 0.2) is 42.7 Å². The third-order valence-electron chi connectivity index (χ3n) is 5.77. The Morgan fingerprint density at radius 1 is 1.15 bits per heavy atom. The molecule has 26 heavy (non-hydrogen) atoms. The molecule has 1 aromatic heterocycles. The number of amides is 1. The smallest absolute Gasteiger partial charge is 0.253 e. The third kappa shape index (κ3) is 4.15. The molecule has 0 aliphatic carbocycles. The summed E-state index contributed by atoms with van der Waals surface area (Å²) in [4.78, 5) is 14.9. The zero-order valence-electron chi connectivity index (χ0n) is 15.3. The minimum Gasteiger partial charge on any atom is -0.339 e. The molecule has 2 saturated heterocycles. The van der Waals surface area contributed by atoms with E-state index in [4.69, 9.17) is 0 Å². The standard InChI is InChI=1S/C21H28N4O/c26-21(20-4-1-3-18(14-20)13-19-5-9-22-15-19)24-11-6-17(7-12-24)16-25-10-2-8-23-25/h1-4,8,10,14,17,19,22H,5-7,9,11-13,15-16H2. The van der Waals surface area contributed by atoms with E-state index < -0.39 is 0 Å². The summed E-state index contributed by atoms with van der Waals surface area (Å²) >= 11 is 0. The number of nitrogens with zero attached hydrogens (tertiary/aromatic N) is 3. The lowest BCUT2D eigenvalue weighted by Crippen LogP contribution is -2.39. The van der Waals surface area contributed by atoms with Crippen molar-refractivity contribution in [2.45, 2.75) is 32.2 Å². The first-order valence-corrected chi connectivity index (χ1v) is 9.84. The van der Waals surface area contributed by atoms with Gasteiger partial charge in [0.05, 0.1) is 0 Å². The van der Waals surface area contributed by atoms with E-state index in [1.165, 1.54) is 12.0 Å². The zero-order chi connectivity index (χ0) is 17.8. The molecule has 2 aliphatic rings. The number of hydrogen-bond acceptors (Lipinski definition) is 3. The summed E-state index contributed by atoms with van der Waals surface area (Å²) in [5, 5.41) is 7.72. The van der Waals surface area contributed by atoms with Gasteiger partial charge < -0.3 is 10.2 Å². The molecule has 1 aromatic carbocycles. The lowest BCUT2D eigenvalue weighted by Gasteiger charge is -2.32. The van der Waals surface area contributed by atoms with Gasteiger partial charge in [0, 0.05) is 37.6 Å². The largest absolute Gasteiger partial charge is 0.339 e. The van der Waals surface area contributed by atoms with Crippen LogP contribution in [0, 0.1) is 11.8 Å². The van der Waals surface area contributed by atoms with E-state index in [0.29, 0.717) is 11.8 Å². The zero-order valence-corrected chi connectivity index (χ0v) is 15.3. The van der Waals surface area contributed by atoms with Gasteiger partial charge in [-0.15, -0.1) is 0 Å². The van der Waals surface area contributed by atoms with Gasteiger partial charge in [-0.05, 0) is 74.4 Å². The second-order valence-corrected chi connectivity index (χ2v) is 7.73. The lowest BCUT2D eigenvalue weighted by atomic mass is 9.95. The summed E-state index contributed by atoms with van der Waals surface area (Å²) in [6.45, 7) is 4.88. The van der Waals surface area contributed by atoms with Gasteiger partial charge in [0.2, 0.25) is 0 Å². The lowest BCUT2D eigenvalue weighted by molar-refractivity contribution is 0.0681. The van der Waals surface area contributed by atoms with E-state index in [1.54, 1.807) is 0 Å². The van der Waals surface area contributed by atoms with Crippen LogP contribution in [-0.4, -0.2) is 46.8 Å². The number of likely N-dealkylation sites (tertiary alicyclic amines) is 1. The second kappa shape index (κ2) is 8.04. The maximum absolute atomic E-state index is 12.9. The number of benzene rings is 1. The van der Waals surface area contributed by atoms with Gasteiger partial charge in [0.25, 0.3) is 5.91 Å². The minimum absolute atomic E-state index is 0.189. The van der Waals surface area contributed by atoms with E-state index >= 15 is 0 Å². The summed E-state index contributed by atoms with van der Waals surface area (Å²) in [6.07, 6.45) is 8.26. The van der Waals surface area contributed by atoms with Crippen molar-refractivity contribution in [2.75, 3.05) is 26.2 Å². The predicted octanol–water partition coefficient (Wildman–Crippen LogP) is 2.59. The molecule has 138 valence electrons. The molecule has 5 nitrogen and oxygen atoms in total. The molecule has 0 saturated carbocycles. The van der Waals surface area contributed by atoms with E-state index in [9.17, 15) is 4.79 Å². The highest BCUT2D eigenvalue weighted by Crippen LogP contribution is 2.22. The molecule has 2 aromatic rings. The molecule has 0 spiro atoms. The molecular formula is C21H28N4O. The fraction of sp³-hybridized carbons (Fsp3) is 0.524. The molecule has 2 fully saturated rings. The Morgan fingerprint density at radius 2 is 2.04 bits per heavy atom. The van der Waals surface area contributed by atoms with Crippen molar-refractivity contribution >= 4 is 5.91 Å². The first kappa shape index (κ1) is 17.3. The van der Waals surface area contributed by atoms with Crippen LogP contribution < -0.4 is 5.32 Å². The van der Waals surface area contributed by atoms with Crippen molar-refractivity contribution < 1.29 is 4.79 Å². The number of piperidine rings is 1. The van der Waals surface area contributed by atoms with Gasteiger partial charge in [-0.25, -0.2) is 0 Å². The summed E-state index contributed by atoms with van der Waals surface area (Å²) < 4.78 is 2.00. The maximum atomic E-state index is 12.9. The number of nitrogens with one attached hydrogen (secondary N) is 1. The highest BCUT2D eigenvalue weighted by molar-refractivity contribution is 5.94. The number of carbonyl (C=O) groups excluding carboxylic acids is 1. The third-order valence-corrected chi connectivity index (χ3v) is 5.77. The first-order chi connectivity index (χ1) is 12.8. The molecular weight excluding hydrogens is 324 g/mol. The molecule has 5 heteroatoms. The van der Waals surface area contributed by atoms with Crippen molar-refractivity contribution in [2.24, 2.45) is 11.8 Å². The van der Waals surface area contributed by atoms with E-state index in [-0.39, 0.29) is 5.91 Å². The van der Waals surface area contributed by atoms with Crippen molar-refractivity contribution in [3.05, 3.63) is 53.9 Å². The Kier molecular flexibility index (Phi) is 5.34. The van der Waals surface area contributed by atoms with E-state index in [2.05, 4.69) is 22.5 Å². The number of aromatic nitrogens is 2. The first-order valence-electron chi connectivity index (χ1n) is 9.84. The number of rotatable bonds is 5. The summed E-state index contributed by atoms with van der Waals surface area (Å²) in [5.74, 6) is 1.51. The number of hydrogen-bond donors (Lipinski definition) is 1. The molecule has 1 atom stereocenters. The predicted molar refractivity (Wildman–Crippen MR) is 102 cm³/mol. The van der Waals surface area contributed by atoms with Crippen molar-refractivity contribution in [1.29, 1.82) is 0 Å². The number of carbonyl (C=O) groups is 1. The van der Waals surface area contributed by atoms with E-state index in [1.807, 2.05) is 40.2 Å². The van der Waals surface area contributed by atoms with Gasteiger partial charge in [0.15, 0.2) is 0 Å². The molecule has 2 aliphatic heterocycles. The van der Waals surface area contributed by atoms with Crippen LogP contribution in [0.4, 0.5) is 0 Å². The van der Waals surface area contributed by atoms with Gasteiger partial charge in [-0.2, -0.15) is 5.10 Å². The average molecular weight is 352 g/mol. The summed E-state index contributed by atoms with van der Waals surface area (Å²) in [5.41, 5.74) is 2.14. The van der Waals surface area contributed by atoms with Gasteiger partial charge in [-0.3, -0.25) is 9.48 Å². The molecule has 0 radical (unpaired) electrons. The Labute approximate surface area is 155 Å². The average Bonchev–Trinajstić information content (AvgIpc) is 3.36. The van der Waals surface area contributed by atoms with Crippen LogP contribution in [0.5, 0.6) is 0 Å². The van der Waals surface area contributed by atoms with Gasteiger partial charge >= 0.3 is 0 Å². The summed E-state index contributed by atoms with van der Waals surface area (Å²) in [6, 6.07) is 10.2. The van der Waals surface area contributed by atoms with Crippen LogP contribution in [0.25, 0.3) is 0 Å². The molecule has 3 heterocycles. The Bertz CT molecular complexity index is 713. The maximum Gasteiger partial charge on any atom is 0.253 e. The highest BCUT2D eigenvalue weighted by atomic mass is 16.2. The van der Waals surface area contributed by atoms with Crippen LogP contribution in [0.1, 0.15) is 35.2 Å². The quantitative estimate of drug-likeness (QED) is 0.900. The SMILES string of the molecule is O=C(c1cccc(CC2CCNC2)c1)N1CCC(Cn2cccn2)CC1. The van der Waals surface area contributed by atoms with Crippen LogP contribution in [0.2, 0.25) is 0 Å². The second-order valence-electron chi connectivity index (χ2n) is 7.73. The highest BCUT2D eigenvalue weighted by Gasteiger charge is 2.24. The van der Waals surface area contributed by atoms with Crippen LogP contribution >= 0.6 is 0 Å². The fourth-order valence-corrected chi connectivity index (χ4v) is 4.23. The van der Waals surface area contributed by atoms with Crippen molar-refractivity contribution in [3.8, 4) is 0 Å². The van der Waals surface area contributed by atoms with Crippen LogP contribution in [-0.2, 0) is 13.0 Å². The Hall–Kier alpha value is -2.14. The monoisotopic (exact) mass is 352 g/mol. The molecule has 1 N–H and O–H groups in total. The van der Waals surface area contributed by atoms with Crippen molar-refractivity contribution in [3.63, 3.8) is 0 Å². The van der Waals surface area contributed by atoms with E-state index in [0.717, 1.165) is 57.5 Å². The Balaban J connectivity index is 1.33. The topological polar surface area (TPSA) is 50.2 Å². The normalized spacial score (nSPS) is 21.2. The molecule has 1 amide bonds. The molecule has 0 bridgehead atoms. The Morgan fingerprint density at radius 3 is 2.77 bits per heavy atom. The van der Waals surface area contributed by atoms with Gasteiger partial charge in [-0.1, -0.05) is 12.1 Å². The van der Waals surface area contributed by atoms with Crippen molar-refractivity contribution in [1.82, 2.24) is 20.0 Å². The molecule has 4 rings (SSSR count). The summed E-state index contributed by atoms with van der Waals surface area (Å²) in [7, 11) is 0. The van der Waals surface area contributed by atoms with Crippen LogP contribution in [0.3, 0.4) is 0 Å². The minimum atomic E-state index is 0.189. The fourth-order valence-electron chi connectivity index (χ4n) is 4.23. The molecule has 1 unspecified atom stereocenters.